The van der Waals surface area contributed by atoms with Crippen LogP contribution in [0.4, 0.5) is 0 Å². The molecule has 2 nitrogen and oxygen atoms in total. The fraction of sp³-hybridized carbons (Fsp3) is 1.00. The van der Waals surface area contributed by atoms with Crippen LogP contribution in [0.3, 0.4) is 0 Å². The molecule has 21 heavy (non-hydrogen) atoms. The first-order valence-electron chi connectivity index (χ1n) is 9.77. The van der Waals surface area contributed by atoms with E-state index < -0.39 is 0 Å². The van der Waals surface area contributed by atoms with E-state index in [-0.39, 0.29) is 0 Å². The molecule has 2 aliphatic heterocycles. The number of likely N-dealkylation sites (tertiary alicyclic amines) is 1. The summed E-state index contributed by atoms with van der Waals surface area (Å²) in [5.41, 5.74) is 0. The van der Waals surface area contributed by atoms with E-state index in [1.165, 1.54) is 90.4 Å². The summed E-state index contributed by atoms with van der Waals surface area (Å²) in [5.74, 6) is 1.89. The standard InChI is InChI=1S/C19H38N2/c1-3-4-5-6-7-8-9-10-11-12-13-21-16-18-14-20-15-19(18)17(21)2/h17-20H,3-16H2,1-2H3. The van der Waals surface area contributed by atoms with Gasteiger partial charge in [0.25, 0.3) is 0 Å². The van der Waals surface area contributed by atoms with Gasteiger partial charge in [-0.1, -0.05) is 64.7 Å². The summed E-state index contributed by atoms with van der Waals surface area (Å²) < 4.78 is 0. The van der Waals surface area contributed by atoms with Crippen LogP contribution in [-0.4, -0.2) is 37.1 Å². The zero-order chi connectivity index (χ0) is 14.9. The Balaban J connectivity index is 1.40. The molecule has 2 heteroatoms. The van der Waals surface area contributed by atoms with E-state index >= 15 is 0 Å². The molecule has 0 radical (unpaired) electrons. The van der Waals surface area contributed by atoms with Crippen LogP contribution in [0.5, 0.6) is 0 Å². The van der Waals surface area contributed by atoms with E-state index in [0.717, 1.165) is 17.9 Å². The number of fused-ring (bicyclic) bond motifs is 1. The summed E-state index contributed by atoms with van der Waals surface area (Å²) in [6.07, 6.45) is 14.5. The van der Waals surface area contributed by atoms with Gasteiger partial charge in [0, 0.05) is 12.6 Å². The molecule has 1 N–H and O–H groups in total. The van der Waals surface area contributed by atoms with Crippen molar-refractivity contribution in [2.45, 2.75) is 84.1 Å². The molecule has 3 unspecified atom stereocenters. The minimum absolute atomic E-state index is 0.823. The molecule has 0 amide bonds. The highest BCUT2D eigenvalue weighted by Gasteiger charge is 2.41. The molecule has 124 valence electrons. The Morgan fingerprint density at radius 3 is 2.10 bits per heavy atom. The molecular formula is C19H38N2. The Kier molecular flexibility index (Phi) is 8.10. The van der Waals surface area contributed by atoms with E-state index in [9.17, 15) is 0 Å². The second-order valence-corrected chi connectivity index (χ2v) is 7.50. The third-order valence-electron chi connectivity index (χ3n) is 5.86. The molecule has 2 rings (SSSR count). The molecule has 0 saturated carbocycles. The highest BCUT2D eigenvalue weighted by atomic mass is 15.2. The second kappa shape index (κ2) is 9.84. The number of nitrogens with zero attached hydrogens (tertiary/aromatic N) is 1. The lowest BCUT2D eigenvalue weighted by molar-refractivity contribution is 0.234. The summed E-state index contributed by atoms with van der Waals surface area (Å²) in [5, 5.41) is 3.56. The van der Waals surface area contributed by atoms with Crippen molar-refractivity contribution in [1.82, 2.24) is 10.2 Å². The molecule has 0 spiro atoms. The van der Waals surface area contributed by atoms with E-state index in [1.807, 2.05) is 0 Å². The Bertz CT molecular complexity index is 266. The van der Waals surface area contributed by atoms with Crippen LogP contribution in [0.1, 0.15) is 78.1 Å². The lowest BCUT2D eigenvalue weighted by Crippen LogP contribution is -2.33. The summed E-state index contributed by atoms with van der Waals surface area (Å²) in [6, 6.07) is 0.823. The minimum atomic E-state index is 0.823. The number of hydrogen-bond donors (Lipinski definition) is 1. The maximum atomic E-state index is 3.56. The number of hydrogen-bond acceptors (Lipinski definition) is 2. The van der Waals surface area contributed by atoms with Crippen LogP contribution < -0.4 is 5.32 Å². The van der Waals surface area contributed by atoms with Gasteiger partial charge >= 0.3 is 0 Å². The molecule has 0 aromatic carbocycles. The van der Waals surface area contributed by atoms with Gasteiger partial charge in [0.05, 0.1) is 0 Å². The summed E-state index contributed by atoms with van der Waals surface area (Å²) >= 11 is 0. The van der Waals surface area contributed by atoms with E-state index in [0.29, 0.717) is 0 Å². The van der Waals surface area contributed by atoms with Gasteiger partial charge in [0.1, 0.15) is 0 Å². The second-order valence-electron chi connectivity index (χ2n) is 7.50. The van der Waals surface area contributed by atoms with E-state index in [2.05, 4.69) is 24.1 Å². The van der Waals surface area contributed by atoms with Crippen LogP contribution in [-0.2, 0) is 0 Å². The monoisotopic (exact) mass is 294 g/mol. The van der Waals surface area contributed by atoms with E-state index in [1.54, 1.807) is 0 Å². The van der Waals surface area contributed by atoms with Crippen LogP contribution in [0.2, 0.25) is 0 Å². The number of unbranched alkanes of at least 4 members (excludes halogenated alkanes) is 9. The third-order valence-corrected chi connectivity index (χ3v) is 5.86. The zero-order valence-electron chi connectivity index (χ0n) is 14.6. The SMILES string of the molecule is CCCCCCCCCCCCN1CC2CNCC2C1C. The van der Waals surface area contributed by atoms with Crippen LogP contribution in [0.25, 0.3) is 0 Å². The zero-order valence-corrected chi connectivity index (χ0v) is 14.6. The Morgan fingerprint density at radius 1 is 0.857 bits per heavy atom. The van der Waals surface area contributed by atoms with Gasteiger partial charge in [0.2, 0.25) is 0 Å². The van der Waals surface area contributed by atoms with Crippen molar-refractivity contribution < 1.29 is 0 Å². The molecule has 0 bridgehead atoms. The quantitative estimate of drug-likeness (QED) is 0.566. The van der Waals surface area contributed by atoms with E-state index in [4.69, 9.17) is 0 Å². The fourth-order valence-corrected chi connectivity index (χ4v) is 4.35. The molecule has 2 saturated heterocycles. The molecule has 0 aromatic rings. The van der Waals surface area contributed by atoms with Crippen LogP contribution in [0, 0.1) is 11.8 Å². The molecule has 0 aromatic heterocycles. The maximum absolute atomic E-state index is 3.56. The third kappa shape index (κ3) is 5.56. The molecule has 2 heterocycles. The van der Waals surface area contributed by atoms with Gasteiger partial charge < -0.3 is 5.32 Å². The summed E-state index contributed by atoms with van der Waals surface area (Å²) in [7, 11) is 0. The summed E-state index contributed by atoms with van der Waals surface area (Å²) in [6.45, 7) is 9.99. The minimum Gasteiger partial charge on any atom is -0.316 e. The van der Waals surface area contributed by atoms with Gasteiger partial charge in [-0.2, -0.15) is 0 Å². The number of rotatable bonds is 11. The van der Waals surface area contributed by atoms with Crippen molar-refractivity contribution in [2.24, 2.45) is 11.8 Å². The smallest absolute Gasteiger partial charge is 0.0111 e. The van der Waals surface area contributed by atoms with Gasteiger partial charge in [-0.25, -0.2) is 0 Å². The van der Waals surface area contributed by atoms with Gasteiger partial charge in [-0.05, 0) is 44.8 Å². The lowest BCUT2D eigenvalue weighted by Gasteiger charge is -2.24. The van der Waals surface area contributed by atoms with Crippen LogP contribution in [0.15, 0.2) is 0 Å². The summed E-state index contributed by atoms with van der Waals surface area (Å²) in [4.78, 5) is 2.76. The normalized spacial score (nSPS) is 29.1. The van der Waals surface area contributed by atoms with Crippen LogP contribution >= 0.6 is 0 Å². The van der Waals surface area contributed by atoms with Gasteiger partial charge in [0.15, 0.2) is 0 Å². The predicted molar refractivity (Wildman–Crippen MR) is 92.7 cm³/mol. The fourth-order valence-electron chi connectivity index (χ4n) is 4.35. The molecule has 3 atom stereocenters. The topological polar surface area (TPSA) is 15.3 Å². The van der Waals surface area contributed by atoms with Crippen molar-refractivity contribution in [3.05, 3.63) is 0 Å². The first-order valence-corrected chi connectivity index (χ1v) is 9.77. The average Bonchev–Trinajstić information content (AvgIpc) is 3.05. The first-order chi connectivity index (χ1) is 10.3. The first kappa shape index (κ1) is 17.3. The van der Waals surface area contributed by atoms with Crippen molar-refractivity contribution >= 4 is 0 Å². The molecule has 0 aliphatic carbocycles. The van der Waals surface area contributed by atoms with Crippen molar-refractivity contribution in [3.63, 3.8) is 0 Å². The Morgan fingerprint density at radius 2 is 1.48 bits per heavy atom. The highest BCUT2D eigenvalue weighted by Crippen LogP contribution is 2.32. The average molecular weight is 295 g/mol. The van der Waals surface area contributed by atoms with Gasteiger partial charge in [-0.3, -0.25) is 4.90 Å². The molecular weight excluding hydrogens is 256 g/mol. The predicted octanol–water partition coefficient (Wildman–Crippen LogP) is 4.45. The highest BCUT2D eigenvalue weighted by molar-refractivity contribution is 4.96. The number of nitrogens with one attached hydrogen (secondary N) is 1. The Hall–Kier alpha value is -0.0800. The molecule has 2 fully saturated rings. The molecule has 2 aliphatic rings. The largest absolute Gasteiger partial charge is 0.316 e. The maximum Gasteiger partial charge on any atom is 0.0111 e. The van der Waals surface area contributed by atoms with Crippen molar-refractivity contribution in [1.29, 1.82) is 0 Å². The Labute approximate surface area is 133 Å². The lowest BCUT2D eigenvalue weighted by atomic mass is 9.95. The van der Waals surface area contributed by atoms with Crippen molar-refractivity contribution in [3.8, 4) is 0 Å². The van der Waals surface area contributed by atoms with Gasteiger partial charge in [-0.15, -0.1) is 0 Å². The van der Waals surface area contributed by atoms with Crippen molar-refractivity contribution in [2.75, 3.05) is 26.2 Å².